The molecule has 0 aliphatic carbocycles. The molecule has 1 amide bonds. The Kier molecular flexibility index (Phi) is 5.01. The molecule has 2 atom stereocenters. The lowest BCUT2D eigenvalue weighted by Crippen LogP contribution is -2.42. The number of hydrogen-bond acceptors (Lipinski definition) is 4. The van der Waals surface area contributed by atoms with Crippen LogP contribution in [0.4, 0.5) is 0 Å². The van der Waals surface area contributed by atoms with E-state index in [1.54, 1.807) is 0 Å². The van der Waals surface area contributed by atoms with E-state index in [0.29, 0.717) is 13.0 Å². The van der Waals surface area contributed by atoms with Crippen LogP contribution in [0.5, 0.6) is 0 Å². The molecule has 2 unspecified atom stereocenters. The van der Waals surface area contributed by atoms with Crippen molar-refractivity contribution < 1.29 is 17.9 Å². The van der Waals surface area contributed by atoms with Crippen LogP contribution in [0.3, 0.4) is 0 Å². The van der Waals surface area contributed by atoms with Crippen LogP contribution in [0.15, 0.2) is 0 Å². The standard InChI is InChI=1S/C9H16ClNO4S/c1-15-5-8(4-10)11-9(12)7-2-3-16(13,14)6-7/h7-8H,2-6H2,1H3,(H,11,12). The minimum absolute atomic E-state index is 0.0547. The van der Waals surface area contributed by atoms with Crippen LogP contribution in [0.1, 0.15) is 6.42 Å². The van der Waals surface area contributed by atoms with E-state index in [-0.39, 0.29) is 29.3 Å². The lowest BCUT2D eigenvalue weighted by Gasteiger charge is -2.17. The fourth-order valence-electron chi connectivity index (χ4n) is 1.65. The maximum Gasteiger partial charge on any atom is 0.224 e. The Balaban J connectivity index is 2.46. The number of alkyl halides is 1. The predicted molar refractivity (Wildman–Crippen MR) is 61.3 cm³/mol. The molecule has 0 radical (unpaired) electrons. The summed E-state index contributed by atoms with van der Waals surface area (Å²) < 4.78 is 27.3. The zero-order valence-corrected chi connectivity index (χ0v) is 10.7. The second-order valence-electron chi connectivity index (χ2n) is 3.92. The lowest BCUT2D eigenvalue weighted by atomic mass is 10.1. The summed E-state index contributed by atoms with van der Waals surface area (Å²) in [6.07, 6.45) is 0.399. The molecule has 0 bridgehead atoms. The van der Waals surface area contributed by atoms with Gasteiger partial charge in [-0.3, -0.25) is 4.79 Å². The maximum absolute atomic E-state index is 11.7. The third kappa shape index (κ3) is 3.92. The van der Waals surface area contributed by atoms with Gasteiger partial charge in [-0.25, -0.2) is 8.42 Å². The second-order valence-corrected chi connectivity index (χ2v) is 6.45. The van der Waals surface area contributed by atoms with Crippen LogP contribution >= 0.6 is 11.6 Å². The highest BCUT2D eigenvalue weighted by Crippen LogP contribution is 2.18. The van der Waals surface area contributed by atoms with Crippen molar-refractivity contribution in [3.05, 3.63) is 0 Å². The molecular weight excluding hydrogens is 254 g/mol. The van der Waals surface area contributed by atoms with E-state index in [2.05, 4.69) is 5.32 Å². The Hall–Kier alpha value is -0.330. The van der Waals surface area contributed by atoms with Gasteiger partial charge in [-0.2, -0.15) is 0 Å². The molecule has 0 spiro atoms. The van der Waals surface area contributed by atoms with Gasteiger partial charge in [0.15, 0.2) is 9.84 Å². The third-order valence-electron chi connectivity index (χ3n) is 2.50. The highest BCUT2D eigenvalue weighted by Gasteiger charge is 2.33. The van der Waals surface area contributed by atoms with Crippen LogP contribution in [-0.2, 0) is 19.4 Å². The monoisotopic (exact) mass is 269 g/mol. The van der Waals surface area contributed by atoms with Gasteiger partial charge in [0.05, 0.1) is 30.1 Å². The number of amides is 1. The molecule has 0 saturated carbocycles. The molecule has 1 rings (SSSR count). The van der Waals surface area contributed by atoms with Gasteiger partial charge < -0.3 is 10.1 Å². The summed E-state index contributed by atoms with van der Waals surface area (Å²) in [5.74, 6) is -0.391. The van der Waals surface area contributed by atoms with Gasteiger partial charge in [-0.1, -0.05) is 0 Å². The van der Waals surface area contributed by atoms with E-state index in [0.717, 1.165) is 0 Å². The van der Waals surface area contributed by atoms with E-state index >= 15 is 0 Å². The molecule has 16 heavy (non-hydrogen) atoms. The largest absolute Gasteiger partial charge is 0.383 e. The van der Waals surface area contributed by atoms with E-state index in [4.69, 9.17) is 16.3 Å². The molecular formula is C9H16ClNO4S. The summed E-state index contributed by atoms with van der Waals surface area (Å²) >= 11 is 5.64. The second kappa shape index (κ2) is 5.84. The summed E-state index contributed by atoms with van der Waals surface area (Å²) in [7, 11) is -1.50. The molecule has 1 aliphatic rings. The average Bonchev–Trinajstić information content (AvgIpc) is 2.58. The SMILES string of the molecule is COCC(CCl)NC(=O)C1CCS(=O)(=O)C1. The van der Waals surface area contributed by atoms with Crippen LogP contribution < -0.4 is 5.32 Å². The summed E-state index contributed by atoms with van der Waals surface area (Å²) in [5, 5.41) is 2.69. The third-order valence-corrected chi connectivity index (χ3v) is 4.64. The first-order chi connectivity index (χ1) is 7.48. The van der Waals surface area contributed by atoms with Crippen molar-refractivity contribution in [2.45, 2.75) is 12.5 Å². The van der Waals surface area contributed by atoms with Crippen LogP contribution in [0.2, 0.25) is 0 Å². The number of rotatable bonds is 5. The van der Waals surface area contributed by atoms with Crippen molar-refractivity contribution in [2.24, 2.45) is 5.92 Å². The van der Waals surface area contributed by atoms with Crippen molar-refractivity contribution in [3.63, 3.8) is 0 Å². The van der Waals surface area contributed by atoms with E-state index in [1.165, 1.54) is 7.11 Å². The Morgan fingerprint density at radius 2 is 2.31 bits per heavy atom. The molecule has 1 heterocycles. The first-order valence-corrected chi connectivity index (χ1v) is 7.40. The van der Waals surface area contributed by atoms with Crippen LogP contribution in [0.25, 0.3) is 0 Å². The molecule has 1 fully saturated rings. The minimum Gasteiger partial charge on any atom is -0.383 e. The average molecular weight is 270 g/mol. The quantitative estimate of drug-likeness (QED) is 0.701. The zero-order valence-electron chi connectivity index (χ0n) is 9.11. The highest BCUT2D eigenvalue weighted by molar-refractivity contribution is 7.91. The number of carbonyl (C=O) groups excluding carboxylic acids is 1. The number of ether oxygens (including phenoxy) is 1. The van der Waals surface area contributed by atoms with Crippen LogP contribution in [0, 0.1) is 5.92 Å². The zero-order chi connectivity index (χ0) is 12.2. The number of halogens is 1. The Bertz CT molecular complexity index is 343. The lowest BCUT2D eigenvalue weighted by molar-refractivity contribution is -0.125. The number of methoxy groups -OCH3 is 1. The molecule has 0 aromatic rings. The first kappa shape index (κ1) is 13.7. The van der Waals surface area contributed by atoms with Crippen LogP contribution in [-0.4, -0.2) is 51.5 Å². The van der Waals surface area contributed by atoms with Gasteiger partial charge in [0.1, 0.15) is 0 Å². The Morgan fingerprint density at radius 1 is 1.62 bits per heavy atom. The molecule has 1 aliphatic heterocycles. The molecule has 94 valence electrons. The van der Waals surface area contributed by atoms with Gasteiger partial charge in [0, 0.05) is 13.0 Å². The highest BCUT2D eigenvalue weighted by atomic mass is 35.5. The minimum atomic E-state index is -3.02. The predicted octanol–water partition coefficient (Wildman–Crippen LogP) is -0.209. The summed E-state index contributed by atoms with van der Waals surface area (Å²) in [4.78, 5) is 11.7. The van der Waals surface area contributed by atoms with Crippen molar-refractivity contribution >= 4 is 27.3 Å². The first-order valence-electron chi connectivity index (χ1n) is 5.04. The molecule has 7 heteroatoms. The normalized spacial score (nSPS) is 25.2. The molecule has 5 nitrogen and oxygen atoms in total. The van der Waals surface area contributed by atoms with Gasteiger partial charge in [-0.05, 0) is 6.42 Å². The number of sulfone groups is 1. The molecule has 1 N–H and O–H groups in total. The Morgan fingerprint density at radius 3 is 2.75 bits per heavy atom. The fraction of sp³-hybridized carbons (Fsp3) is 0.889. The van der Waals surface area contributed by atoms with Crippen molar-refractivity contribution in [1.29, 1.82) is 0 Å². The smallest absolute Gasteiger partial charge is 0.224 e. The topological polar surface area (TPSA) is 72.5 Å². The molecule has 0 aromatic heterocycles. The van der Waals surface area contributed by atoms with Crippen molar-refractivity contribution in [2.75, 3.05) is 31.1 Å². The Labute approximate surface area is 100 Å². The van der Waals surface area contributed by atoms with Gasteiger partial charge >= 0.3 is 0 Å². The van der Waals surface area contributed by atoms with Gasteiger partial charge in [0.25, 0.3) is 0 Å². The van der Waals surface area contributed by atoms with E-state index < -0.39 is 15.8 Å². The molecule has 1 saturated heterocycles. The summed E-state index contributed by atoms with van der Waals surface area (Å²) in [5.41, 5.74) is 0. The van der Waals surface area contributed by atoms with E-state index in [9.17, 15) is 13.2 Å². The number of carbonyl (C=O) groups is 1. The summed E-state index contributed by atoms with van der Waals surface area (Å²) in [6.45, 7) is 0.328. The van der Waals surface area contributed by atoms with Gasteiger partial charge in [0.2, 0.25) is 5.91 Å². The summed E-state index contributed by atoms with van der Waals surface area (Å²) in [6, 6.07) is -0.262. The molecule has 0 aromatic carbocycles. The van der Waals surface area contributed by atoms with Gasteiger partial charge in [-0.15, -0.1) is 11.6 Å². The van der Waals surface area contributed by atoms with Crippen molar-refractivity contribution in [3.8, 4) is 0 Å². The van der Waals surface area contributed by atoms with Crippen molar-refractivity contribution in [1.82, 2.24) is 5.32 Å². The van der Waals surface area contributed by atoms with E-state index in [1.807, 2.05) is 0 Å². The number of hydrogen-bond donors (Lipinski definition) is 1. The maximum atomic E-state index is 11.7. The fourth-order valence-corrected chi connectivity index (χ4v) is 3.55. The number of nitrogens with one attached hydrogen (secondary N) is 1.